The van der Waals surface area contributed by atoms with Gasteiger partial charge in [0, 0.05) is 13.1 Å². The summed E-state index contributed by atoms with van der Waals surface area (Å²) in [7, 11) is 0. The topological polar surface area (TPSA) is 51.0 Å². The first-order valence-electron chi connectivity index (χ1n) is 6.23. The van der Waals surface area contributed by atoms with Gasteiger partial charge in [0.05, 0.1) is 15.9 Å². The van der Waals surface area contributed by atoms with Gasteiger partial charge in [-0.25, -0.2) is 9.67 Å². The monoisotopic (exact) mass is 330 g/mol. The van der Waals surface area contributed by atoms with Gasteiger partial charge in [-0.15, -0.1) is 11.3 Å². The van der Waals surface area contributed by atoms with Gasteiger partial charge >= 0.3 is 0 Å². The van der Waals surface area contributed by atoms with Crippen LogP contribution in [0, 0.1) is 0 Å². The maximum absolute atomic E-state index is 12.5. The summed E-state index contributed by atoms with van der Waals surface area (Å²) < 4.78 is 2.79. The van der Waals surface area contributed by atoms with E-state index in [2.05, 4.69) is 10.1 Å². The zero-order valence-electron chi connectivity index (χ0n) is 10.5. The number of halogens is 2. The predicted octanol–water partition coefficient (Wildman–Crippen LogP) is 3.12. The Morgan fingerprint density at radius 3 is 2.95 bits per heavy atom. The molecule has 2 aromatic heterocycles. The Labute approximate surface area is 130 Å². The normalized spacial score (nSPS) is 19.3. The quantitative estimate of drug-likeness (QED) is 0.850. The van der Waals surface area contributed by atoms with Crippen LogP contribution in [-0.4, -0.2) is 38.7 Å². The van der Waals surface area contributed by atoms with Crippen LogP contribution in [0.4, 0.5) is 0 Å². The third-order valence-electron chi connectivity index (χ3n) is 3.38. The van der Waals surface area contributed by atoms with Crippen LogP contribution in [-0.2, 0) is 0 Å². The van der Waals surface area contributed by atoms with Crippen molar-refractivity contribution in [2.45, 2.75) is 18.9 Å². The number of carbonyl (C=O) groups excluding carboxylic acids is 1. The van der Waals surface area contributed by atoms with E-state index < -0.39 is 0 Å². The molecule has 8 heteroatoms. The number of likely N-dealkylation sites (tertiary alicyclic amines) is 1. The fraction of sp³-hybridized carbons (Fsp3) is 0.417. The number of rotatable bonds is 2. The third kappa shape index (κ3) is 2.68. The van der Waals surface area contributed by atoms with Crippen molar-refractivity contribution in [3.8, 4) is 0 Å². The molecule has 0 N–H and O–H groups in total. The highest BCUT2D eigenvalue weighted by Crippen LogP contribution is 2.33. The SMILES string of the molecule is O=C(c1cc(Cl)sc1Cl)N1CCC[C@H](n2cncn2)C1. The van der Waals surface area contributed by atoms with Gasteiger partial charge in [-0.2, -0.15) is 5.10 Å². The Balaban J connectivity index is 1.77. The maximum Gasteiger partial charge on any atom is 0.256 e. The molecule has 1 amide bonds. The lowest BCUT2D eigenvalue weighted by Crippen LogP contribution is -2.40. The van der Waals surface area contributed by atoms with E-state index in [1.54, 1.807) is 17.3 Å². The number of hydrogen-bond acceptors (Lipinski definition) is 4. The first-order valence-corrected chi connectivity index (χ1v) is 7.80. The lowest BCUT2D eigenvalue weighted by atomic mass is 10.1. The minimum atomic E-state index is -0.0667. The summed E-state index contributed by atoms with van der Waals surface area (Å²) in [5.74, 6) is -0.0667. The molecule has 1 aliphatic rings. The molecule has 1 fully saturated rings. The van der Waals surface area contributed by atoms with Crippen molar-refractivity contribution in [2.24, 2.45) is 0 Å². The summed E-state index contributed by atoms with van der Waals surface area (Å²) in [6.07, 6.45) is 5.13. The average molecular weight is 331 g/mol. The van der Waals surface area contributed by atoms with Crippen molar-refractivity contribution >= 4 is 40.4 Å². The van der Waals surface area contributed by atoms with Gasteiger partial charge in [-0.1, -0.05) is 23.2 Å². The lowest BCUT2D eigenvalue weighted by molar-refractivity contribution is 0.0673. The molecule has 3 heterocycles. The molecule has 1 saturated heterocycles. The van der Waals surface area contributed by atoms with Crippen LogP contribution < -0.4 is 0 Å². The Morgan fingerprint density at radius 2 is 2.30 bits per heavy atom. The average Bonchev–Trinajstić information content (AvgIpc) is 3.08. The summed E-state index contributed by atoms with van der Waals surface area (Å²) in [4.78, 5) is 18.3. The molecule has 1 atom stereocenters. The number of piperidine rings is 1. The Hall–Kier alpha value is -1.11. The first-order chi connectivity index (χ1) is 9.65. The van der Waals surface area contributed by atoms with Crippen LogP contribution in [0.1, 0.15) is 29.2 Å². The van der Waals surface area contributed by atoms with Crippen molar-refractivity contribution in [3.63, 3.8) is 0 Å². The van der Waals surface area contributed by atoms with Crippen LogP contribution >= 0.6 is 34.5 Å². The van der Waals surface area contributed by atoms with Gasteiger partial charge < -0.3 is 4.90 Å². The van der Waals surface area contributed by atoms with E-state index in [-0.39, 0.29) is 11.9 Å². The highest BCUT2D eigenvalue weighted by Gasteiger charge is 2.27. The van der Waals surface area contributed by atoms with E-state index in [4.69, 9.17) is 23.2 Å². The van der Waals surface area contributed by atoms with Gasteiger partial charge in [0.15, 0.2) is 0 Å². The van der Waals surface area contributed by atoms with Crippen molar-refractivity contribution in [2.75, 3.05) is 13.1 Å². The van der Waals surface area contributed by atoms with Crippen LogP contribution in [0.25, 0.3) is 0 Å². The number of nitrogens with zero attached hydrogens (tertiary/aromatic N) is 4. The van der Waals surface area contributed by atoms with Gasteiger partial charge in [0.25, 0.3) is 5.91 Å². The van der Waals surface area contributed by atoms with Gasteiger partial charge in [-0.3, -0.25) is 4.79 Å². The second kappa shape index (κ2) is 5.71. The van der Waals surface area contributed by atoms with E-state index in [9.17, 15) is 4.79 Å². The molecule has 3 rings (SSSR count). The maximum atomic E-state index is 12.5. The highest BCUT2D eigenvalue weighted by atomic mass is 35.5. The summed E-state index contributed by atoms with van der Waals surface area (Å²) in [6, 6.07) is 1.80. The van der Waals surface area contributed by atoms with Crippen LogP contribution in [0.2, 0.25) is 8.67 Å². The molecule has 0 aliphatic carbocycles. The van der Waals surface area contributed by atoms with E-state index in [1.165, 1.54) is 17.7 Å². The Kier molecular flexibility index (Phi) is 3.96. The predicted molar refractivity (Wildman–Crippen MR) is 78.5 cm³/mol. The molecule has 5 nitrogen and oxygen atoms in total. The highest BCUT2D eigenvalue weighted by molar-refractivity contribution is 7.20. The minimum absolute atomic E-state index is 0.0667. The third-order valence-corrected chi connectivity index (χ3v) is 4.87. The minimum Gasteiger partial charge on any atom is -0.336 e. The molecule has 2 aromatic rings. The second-order valence-electron chi connectivity index (χ2n) is 4.66. The lowest BCUT2D eigenvalue weighted by Gasteiger charge is -2.32. The van der Waals surface area contributed by atoms with Gasteiger partial charge in [0.1, 0.15) is 17.0 Å². The van der Waals surface area contributed by atoms with E-state index in [0.29, 0.717) is 20.8 Å². The van der Waals surface area contributed by atoms with Crippen LogP contribution in [0.5, 0.6) is 0 Å². The standard InChI is InChI=1S/C12H12Cl2N4OS/c13-10-4-9(11(14)20-10)12(19)17-3-1-2-8(5-17)18-7-15-6-16-18/h4,6-8H,1-3,5H2/t8-/m0/s1. The number of aromatic nitrogens is 3. The van der Waals surface area contributed by atoms with Gasteiger partial charge in [0.2, 0.25) is 0 Å². The van der Waals surface area contributed by atoms with Crippen LogP contribution in [0.3, 0.4) is 0 Å². The van der Waals surface area contributed by atoms with Crippen molar-refractivity contribution in [3.05, 3.63) is 33.0 Å². The molecule has 0 aromatic carbocycles. The molecule has 0 bridgehead atoms. The smallest absolute Gasteiger partial charge is 0.256 e. The van der Waals surface area contributed by atoms with Gasteiger partial charge in [-0.05, 0) is 18.9 Å². The second-order valence-corrected chi connectivity index (χ2v) is 6.95. The van der Waals surface area contributed by atoms with E-state index in [0.717, 1.165) is 19.4 Å². The number of carbonyl (C=O) groups is 1. The summed E-state index contributed by atoms with van der Waals surface area (Å²) in [6.45, 7) is 1.35. The number of hydrogen-bond donors (Lipinski definition) is 0. The summed E-state index contributed by atoms with van der Waals surface area (Å²) in [5.41, 5.74) is 0.487. The number of amides is 1. The fourth-order valence-corrected chi connectivity index (χ4v) is 3.87. The van der Waals surface area contributed by atoms with E-state index in [1.807, 2.05) is 4.68 Å². The molecular formula is C12H12Cl2N4OS. The zero-order chi connectivity index (χ0) is 14.1. The zero-order valence-corrected chi connectivity index (χ0v) is 12.8. The summed E-state index contributed by atoms with van der Waals surface area (Å²) in [5, 5.41) is 4.15. The number of thiophene rings is 1. The molecule has 0 saturated carbocycles. The molecule has 20 heavy (non-hydrogen) atoms. The van der Waals surface area contributed by atoms with Crippen molar-refractivity contribution < 1.29 is 4.79 Å². The molecular weight excluding hydrogens is 319 g/mol. The molecule has 1 aliphatic heterocycles. The van der Waals surface area contributed by atoms with Crippen molar-refractivity contribution in [1.82, 2.24) is 19.7 Å². The molecule has 106 valence electrons. The largest absolute Gasteiger partial charge is 0.336 e. The molecule has 0 spiro atoms. The summed E-state index contributed by atoms with van der Waals surface area (Å²) >= 11 is 13.2. The van der Waals surface area contributed by atoms with E-state index >= 15 is 0 Å². The fourth-order valence-electron chi connectivity index (χ4n) is 2.42. The molecule has 0 radical (unpaired) electrons. The molecule has 0 unspecified atom stereocenters. The van der Waals surface area contributed by atoms with Crippen molar-refractivity contribution in [1.29, 1.82) is 0 Å². The Bertz CT molecular complexity index is 613. The van der Waals surface area contributed by atoms with Crippen LogP contribution in [0.15, 0.2) is 18.7 Å². The first kappa shape index (κ1) is 13.9. The Morgan fingerprint density at radius 1 is 1.45 bits per heavy atom.